The molecule has 0 saturated heterocycles. The molecule has 13 heteroatoms. The molecule has 0 unspecified atom stereocenters. The number of halogens is 3. The molecule has 0 saturated carbocycles. The van der Waals surface area contributed by atoms with Crippen molar-refractivity contribution in [3.8, 4) is 34.7 Å². The minimum atomic E-state index is -4.76. The monoisotopic (exact) mass is 504 g/mol. The number of benzene rings is 1. The average Bonchev–Trinajstić information content (AvgIpc) is 3.42. The van der Waals surface area contributed by atoms with Gasteiger partial charge in [0.1, 0.15) is 25.2 Å². The molecule has 0 spiro atoms. The van der Waals surface area contributed by atoms with E-state index in [4.69, 9.17) is 9.26 Å². The van der Waals surface area contributed by atoms with E-state index in [2.05, 4.69) is 25.0 Å². The molecule has 4 aromatic rings. The number of pyridine rings is 1. The van der Waals surface area contributed by atoms with Crippen molar-refractivity contribution < 1.29 is 31.7 Å². The van der Waals surface area contributed by atoms with Crippen LogP contribution < -0.4 is 14.0 Å². The van der Waals surface area contributed by atoms with E-state index >= 15 is 0 Å². The number of aromatic nitrogens is 6. The van der Waals surface area contributed by atoms with Gasteiger partial charge < -0.3 is 18.9 Å². The lowest BCUT2D eigenvalue weighted by Gasteiger charge is -2.10. The number of ether oxygens (including phenoxy) is 2. The van der Waals surface area contributed by atoms with Gasteiger partial charge in [0.2, 0.25) is 11.6 Å². The second-order valence-electron chi connectivity index (χ2n) is 8.27. The van der Waals surface area contributed by atoms with Crippen LogP contribution in [0.2, 0.25) is 0 Å². The van der Waals surface area contributed by atoms with Crippen LogP contribution in [0.1, 0.15) is 11.4 Å². The predicted molar refractivity (Wildman–Crippen MR) is 121 cm³/mol. The van der Waals surface area contributed by atoms with E-state index in [1.165, 1.54) is 24.3 Å². The first kappa shape index (κ1) is 25.1. The van der Waals surface area contributed by atoms with Gasteiger partial charge in [-0.1, -0.05) is 5.16 Å². The second-order valence-corrected chi connectivity index (χ2v) is 8.27. The van der Waals surface area contributed by atoms with E-state index in [9.17, 15) is 13.2 Å². The fourth-order valence-electron chi connectivity index (χ4n) is 3.23. The van der Waals surface area contributed by atoms with Crippen LogP contribution in [0.5, 0.6) is 11.6 Å². The van der Waals surface area contributed by atoms with Crippen molar-refractivity contribution in [3.63, 3.8) is 0 Å². The zero-order chi connectivity index (χ0) is 25.9. The maximum Gasteiger partial charge on any atom is 0.573 e. The summed E-state index contributed by atoms with van der Waals surface area (Å²) in [7, 11) is 5.89. The number of hydrogen-bond acceptors (Lipinski definition) is 8. The van der Waals surface area contributed by atoms with Crippen LogP contribution in [0.3, 0.4) is 0 Å². The van der Waals surface area contributed by atoms with Crippen molar-refractivity contribution in [2.75, 3.05) is 27.2 Å². The molecule has 0 fully saturated rings. The normalized spacial score (nSPS) is 11.8. The number of alkyl halides is 3. The van der Waals surface area contributed by atoms with E-state index in [1.807, 2.05) is 55.9 Å². The SMILES string of the molecule is Cc1nc(-c2nc(-c3ccc(OC(F)(F)F)cc3)no2)nn1Cc1cc[n+](C)c(OCCN(C)C)c1. The summed E-state index contributed by atoms with van der Waals surface area (Å²) in [6.45, 7) is 3.62. The lowest BCUT2D eigenvalue weighted by atomic mass is 10.2. The van der Waals surface area contributed by atoms with Gasteiger partial charge in [0.25, 0.3) is 5.89 Å². The van der Waals surface area contributed by atoms with Crippen molar-refractivity contribution in [1.82, 2.24) is 29.8 Å². The van der Waals surface area contributed by atoms with Crippen molar-refractivity contribution >= 4 is 0 Å². The van der Waals surface area contributed by atoms with Gasteiger partial charge in [0, 0.05) is 18.2 Å². The third-order valence-corrected chi connectivity index (χ3v) is 5.11. The van der Waals surface area contributed by atoms with Crippen molar-refractivity contribution in [3.05, 3.63) is 54.0 Å². The molecule has 3 aromatic heterocycles. The Hall–Kier alpha value is -4.00. The van der Waals surface area contributed by atoms with E-state index in [1.54, 1.807) is 4.68 Å². The number of aryl methyl sites for hydroxylation is 2. The summed E-state index contributed by atoms with van der Waals surface area (Å²) in [6, 6.07) is 9.08. The molecule has 0 amide bonds. The lowest BCUT2D eigenvalue weighted by Crippen LogP contribution is -2.32. The van der Waals surface area contributed by atoms with Crippen molar-refractivity contribution in [2.45, 2.75) is 19.8 Å². The Bertz CT molecular complexity index is 1320. The maximum atomic E-state index is 12.4. The van der Waals surface area contributed by atoms with Crippen LogP contribution in [-0.2, 0) is 13.6 Å². The Morgan fingerprint density at radius 2 is 1.83 bits per heavy atom. The van der Waals surface area contributed by atoms with Gasteiger partial charge in [-0.05, 0) is 50.8 Å². The summed E-state index contributed by atoms with van der Waals surface area (Å²) in [5.41, 5.74) is 1.43. The van der Waals surface area contributed by atoms with Crippen LogP contribution in [0, 0.1) is 6.92 Å². The number of nitrogens with zero attached hydrogens (tertiary/aromatic N) is 7. The highest BCUT2D eigenvalue weighted by Crippen LogP contribution is 2.26. The molecule has 0 atom stereocenters. The first-order valence-electron chi connectivity index (χ1n) is 11.0. The molecule has 3 heterocycles. The molecule has 0 aliphatic rings. The number of rotatable bonds is 9. The Morgan fingerprint density at radius 1 is 1.08 bits per heavy atom. The molecule has 10 nitrogen and oxygen atoms in total. The molecule has 190 valence electrons. The average molecular weight is 504 g/mol. The van der Waals surface area contributed by atoms with E-state index < -0.39 is 6.36 Å². The van der Waals surface area contributed by atoms with E-state index in [0.717, 1.165) is 18.0 Å². The highest BCUT2D eigenvalue weighted by atomic mass is 19.4. The number of likely N-dealkylation sites (N-methyl/N-ethyl adjacent to an activating group) is 1. The summed E-state index contributed by atoms with van der Waals surface area (Å²) in [6.07, 6.45) is -2.84. The molecule has 0 aliphatic heterocycles. The summed E-state index contributed by atoms with van der Waals surface area (Å²) < 4.78 is 55.7. The molecule has 4 rings (SSSR count). The highest BCUT2D eigenvalue weighted by molar-refractivity contribution is 5.57. The Balaban J connectivity index is 1.47. The zero-order valence-electron chi connectivity index (χ0n) is 20.2. The molecule has 1 aromatic carbocycles. The van der Waals surface area contributed by atoms with Gasteiger partial charge in [-0.15, -0.1) is 18.3 Å². The van der Waals surface area contributed by atoms with Gasteiger partial charge in [-0.25, -0.2) is 9.67 Å². The smallest absolute Gasteiger partial charge is 0.443 e. The predicted octanol–water partition coefficient (Wildman–Crippen LogP) is 3.02. The first-order valence-corrected chi connectivity index (χ1v) is 11.0. The third-order valence-electron chi connectivity index (χ3n) is 5.11. The topological polar surface area (TPSA) is 95.2 Å². The molecule has 0 radical (unpaired) electrons. The summed E-state index contributed by atoms with van der Waals surface area (Å²) in [4.78, 5) is 10.7. The zero-order valence-corrected chi connectivity index (χ0v) is 20.2. The van der Waals surface area contributed by atoms with Crippen LogP contribution in [0.4, 0.5) is 13.2 Å². The fraction of sp³-hybridized carbons (Fsp3) is 0.348. The summed E-state index contributed by atoms with van der Waals surface area (Å²) in [5, 5.41) is 8.38. The molecule has 0 aliphatic carbocycles. The van der Waals surface area contributed by atoms with Gasteiger partial charge in [0.15, 0.2) is 6.20 Å². The van der Waals surface area contributed by atoms with Gasteiger partial charge in [0.05, 0.1) is 12.6 Å². The standard InChI is InChI=1S/C23H25F3N7O3/c1-15-27-21(22-28-20(30-36-22)17-5-7-18(8-6-17)35-23(24,25)26)29-33(15)14-16-9-10-32(4)19(13-16)34-12-11-31(2)3/h5-10,13H,11-12,14H2,1-4H3/q+1. The summed E-state index contributed by atoms with van der Waals surface area (Å²) in [5.74, 6) is 1.56. The fourth-order valence-corrected chi connectivity index (χ4v) is 3.23. The quantitative estimate of drug-likeness (QED) is 0.321. The first-order chi connectivity index (χ1) is 17.1. The molecule has 36 heavy (non-hydrogen) atoms. The Labute approximate surface area is 204 Å². The Morgan fingerprint density at radius 3 is 2.53 bits per heavy atom. The molecular formula is C23H25F3N7O3+. The molecule has 0 bridgehead atoms. The minimum Gasteiger partial charge on any atom is -0.443 e. The maximum absolute atomic E-state index is 12.4. The third kappa shape index (κ3) is 6.36. The van der Waals surface area contributed by atoms with Gasteiger partial charge in [-0.3, -0.25) is 0 Å². The lowest BCUT2D eigenvalue weighted by molar-refractivity contribution is -0.677. The molecule has 0 N–H and O–H groups in total. The second kappa shape index (κ2) is 10.3. The van der Waals surface area contributed by atoms with Crippen molar-refractivity contribution in [1.29, 1.82) is 0 Å². The van der Waals surface area contributed by atoms with Crippen LogP contribution in [-0.4, -0.2) is 63.4 Å². The highest BCUT2D eigenvalue weighted by Gasteiger charge is 2.31. The van der Waals surface area contributed by atoms with Crippen LogP contribution in [0.25, 0.3) is 23.1 Å². The Kier molecular flexibility index (Phi) is 7.20. The van der Waals surface area contributed by atoms with E-state index in [0.29, 0.717) is 24.5 Å². The van der Waals surface area contributed by atoms with Crippen molar-refractivity contribution in [2.24, 2.45) is 7.05 Å². The molecular weight excluding hydrogens is 479 g/mol. The number of hydrogen-bond donors (Lipinski definition) is 0. The van der Waals surface area contributed by atoms with E-state index in [-0.39, 0.29) is 23.3 Å². The van der Waals surface area contributed by atoms with Crippen LogP contribution in [0.15, 0.2) is 47.1 Å². The summed E-state index contributed by atoms with van der Waals surface area (Å²) >= 11 is 0. The van der Waals surface area contributed by atoms with Gasteiger partial charge in [-0.2, -0.15) is 9.55 Å². The largest absolute Gasteiger partial charge is 0.573 e. The van der Waals surface area contributed by atoms with Crippen LogP contribution >= 0.6 is 0 Å². The van der Waals surface area contributed by atoms with Gasteiger partial charge >= 0.3 is 12.2 Å². The minimum absolute atomic E-state index is 0.0923.